The van der Waals surface area contributed by atoms with Crippen molar-refractivity contribution in [2.75, 3.05) is 13.1 Å². The maximum atomic E-state index is 6.62. The van der Waals surface area contributed by atoms with E-state index in [9.17, 15) is 0 Å². The first-order valence-corrected chi connectivity index (χ1v) is 2.61. The lowest BCUT2D eigenvalue weighted by molar-refractivity contribution is 0.661. The van der Waals surface area contributed by atoms with Crippen LogP contribution in [0.25, 0.3) is 4.85 Å². The lowest BCUT2D eigenvalue weighted by Crippen LogP contribution is -2.34. The van der Waals surface area contributed by atoms with E-state index in [1.54, 1.807) is 0 Å². The van der Waals surface area contributed by atoms with Crippen LogP contribution in [0.3, 0.4) is 0 Å². The summed E-state index contributed by atoms with van der Waals surface area (Å²) < 4.78 is 0. The average molecular weight is 108 g/mol. The van der Waals surface area contributed by atoms with Crippen molar-refractivity contribution in [3.05, 3.63) is 22.7 Å². The van der Waals surface area contributed by atoms with Gasteiger partial charge in [0.05, 0.1) is 6.57 Å². The number of hydrogen-bond acceptors (Lipinski definition) is 1. The van der Waals surface area contributed by atoms with E-state index in [1.807, 2.05) is 6.92 Å². The van der Waals surface area contributed by atoms with Crippen LogP contribution in [0.15, 0.2) is 11.3 Å². The van der Waals surface area contributed by atoms with Gasteiger partial charge in [0.15, 0.2) is 5.70 Å². The predicted octanol–water partition coefficient (Wildman–Crippen LogP) is 0.783. The molecule has 0 saturated carbocycles. The van der Waals surface area contributed by atoms with Gasteiger partial charge in [-0.25, -0.2) is 4.85 Å². The molecular formula is C6H8N2. The molecule has 1 N–H and O–H groups in total. The van der Waals surface area contributed by atoms with Gasteiger partial charge in [-0.15, -0.1) is 0 Å². The lowest BCUT2D eigenvalue weighted by Gasteiger charge is -2.19. The van der Waals surface area contributed by atoms with Gasteiger partial charge >= 0.3 is 0 Å². The zero-order valence-corrected chi connectivity index (χ0v) is 4.86. The molecule has 1 aliphatic heterocycles. The normalized spacial score (nSPS) is 16.8. The monoisotopic (exact) mass is 108 g/mol. The van der Waals surface area contributed by atoms with Crippen LogP contribution < -0.4 is 5.32 Å². The highest BCUT2D eigenvalue weighted by Gasteiger charge is 2.09. The zero-order valence-electron chi connectivity index (χ0n) is 4.86. The van der Waals surface area contributed by atoms with E-state index in [0.29, 0.717) is 0 Å². The highest BCUT2D eigenvalue weighted by Crippen LogP contribution is 2.08. The topological polar surface area (TPSA) is 16.4 Å². The third kappa shape index (κ3) is 0.728. The van der Waals surface area contributed by atoms with Gasteiger partial charge in [0.2, 0.25) is 0 Å². The summed E-state index contributed by atoms with van der Waals surface area (Å²) in [6, 6.07) is 0. The fraction of sp³-hybridized carbons (Fsp3) is 0.500. The SMILES string of the molecule is [C-]#[N+]C(C)=C1CNC1. The van der Waals surface area contributed by atoms with Crippen molar-refractivity contribution >= 4 is 0 Å². The van der Waals surface area contributed by atoms with Crippen LogP contribution >= 0.6 is 0 Å². The molecule has 1 fully saturated rings. The van der Waals surface area contributed by atoms with Crippen LogP contribution in [0, 0.1) is 6.57 Å². The van der Waals surface area contributed by atoms with Gasteiger partial charge in [0.1, 0.15) is 0 Å². The van der Waals surface area contributed by atoms with Crippen molar-refractivity contribution in [2.45, 2.75) is 6.92 Å². The van der Waals surface area contributed by atoms with Crippen molar-refractivity contribution < 1.29 is 0 Å². The van der Waals surface area contributed by atoms with Gasteiger partial charge in [-0.05, 0) is 12.5 Å². The van der Waals surface area contributed by atoms with E-state index in [4.69, 9.17) is 6.57 Å². The molecule has 2 nitrogen and oxygen atoms in total. The summed E-state index contributed by atoms with van der Waals surface area (Å²) in [7, 11) is 0. The van der Waals surface area contributed by atoms with Crippen LogP contribution in [0.5, 0.6) is 0 Å². The van der Waals surface area contributed by atoms with Crippen LogP contribution in [-0.2, 0) is 0 Å². The molecule has 0 aromatic carbocycles. The first kappa shape index (κ1) is 5.33. The van der Waals surface area contributed by atoms with Crippen molar-refractivity contribution in [3.63, 3.8) is 0 Å². The standard InChI is InChI=1S/C6H8N2/c1-5(7-2)6-3-8-4-6/h8H,3-4H2,1H3. The Kier molecular flexibility index (Phi) is 1.32. The highest BCUT2D eigenvalue weighted by atomic mass is 14.9. The second-order valence-corrected chi connectivity index (χ2v) is 1.90. The molecule has 0 aliphatic carbocycles. The Bertz CT molecular complexity index is 156. The molecule has 8 heavy (non-hydrogen) atoms. The van der Waals surface area contributed by atoms with Crippen molar-refractivity contribution in [2.24, 2.45) is 0 Å². The van der Waals surface area contributed by atoms with Gasteiger partial charge in [0.25, 0.3) is 0 Å². The van der Waals surface area contributed by atoms with Gasteiger partial charge < -0.3 is 5.32 Å². The van der Waals surface area contributed by atoms with Crippen molar-refractivity contribution in [1.29, 1.82) is 0 Å². The molecule has 0 bridgehead atoms. The molecule has 0 spiro atoms. The molecule has 1 rings (SSSR count). The van der Waals surface area contributed by atoms with Crippen molar-refractivity contribution in [1.82, 2.24) is 5.32 Å². The number of nitrogens with one attached hydrogen (secondary N) is 1. The minimum absolute atomic E-state index is 0.865. The smallest absolute Gasteiger partial charge is 0.164 e. The van der Waals surface area contributed by atoms with Gasteiger partial charge in [-0.2, -0.15) is 0 Å². The molecule has 0 amide bonds. The Morgan fingerprint density at radius 1 is 1.75 bits per heavy atom. The van der Waals surface area contributed by atoms with Crippen LogP contribution in [0.2, 0.25) is 0 Å². The summed E-state index contributed by atoms with van der Waals surface area (Å²) in [5, 5.41) is 3.08. The molecule has 0 aromatic rings. The lowest BCUT2D eigenvalue weighted by atomic mass is 10.1. The maximum Gasteiger partial charge on any atom is 0.164 e. The number of allylic oxidation sites excluding steroid dienone is 1. The minimum Gasteiger partial charge on any atom is -0.312 e. The third-order valence-electron chi connectivity index (χ3n) is 1.36. The molecule has 42 valence electrons. The summed E-state index contributed by atoms with van der Waals surface area (Å²) in [4.78, 5) is 3.30. The van der Waals surface area contributed by atoms with Gasteiger partial charge in [-0.1, -0.05) is 0 Å². The first-order valence-electron chi connectivity index (χ1n) is 2.61. The molecule has 1 saturated heterocycles. The van der Waals surface area contributed by atoms with E-state index in [-0.39, 0.29) is 0 Å². The largest absolute Gasteiger partial charge is 0.312 e. The van der Waals surface area contributed by atoms with E-state index in [2.05, 4.69) is 10.2 Å². The molecule has 0 radical (unpaired) electrons. The van der Waals surface area contributed by atoms with Crippen LogP contribution in [0.1, 0.15) is 6.92 Å². The average Bonchev–Trinajstić information content (AvgIpc) is 1.62. The summed E-state index contributed by atoms with van der Waals surface area (Å²) in [5.74, 6) is 0. The van der Waals surface area contributed by atoms with Gasteiger partial charge in [0, 0.05) is 13.1 Å². The summed E-state index contributed by atoms with van der Waals surface area (Å²) in [5.41, 5.74) is 2.13. The van der Waals surface area contributed by atoms with E-state index < -0.39 is 0 Å². The molecule has 2 heteroatoms. The maximum absolute atomic E-state index is 6.62. The predicted molar refractivity (Wildman–Crippen MR) is 32.2 cm³/mol. The Hall–Kier alpha value is -0.810. The second kappa shape index (κ2) is 1.97. The van der Waals surface area contributed by atoms with E-state index >= 15 is 0 Å². The summed E-state index contributed by atoms with van der Waals surface area (Å²) >= 11 is 0. The fourth-order valence-electron chi connectivity index (χ4n) is 0.585. The Morgan fingerprint density at radius 2 is 2.38 bits per heavy atom. The zero-order chi connectivity index (χ0) is 5.98. The van der Waals surface area contributed by atoms with E-state index in [1.165, 1.54) is 5.57 Å². The number of nitrogens with zero attached hydrogens (tertiary/aromatic N) is 1. The van der Waals surface area contributed by atoms with Crippen molar-refractivity contribution in [3.8, 4) is 0 Å². The Morgan fingerprint density at radius 3 is 2.50 bits per heavy atom. The number of hydrogen-bond donors (Lipinski definition) is 1. The molecule has 1 heterocycles. The van der Waals surface area contributed by atoms with Gasteiger partial charge in [-0.3, -0.25) is 0 Å². The molecule has 0 unspecified atom stereocenters. The molecule has 0 atom stereocenters. The molecule has 0 aromatic heterocycles. The summed E-state index contributed by atoms with van der Waals surface area (Å²) in [6.07, 6.45) is 0. The molecule has 1 aliphatic rings. The summed E-state index contributed by atoms with van der Waals surface area (Å²) in [6.45, 7) is 10.3. The molecular weight excluding hydrogens is 100 g/mol. The van der Waals surface area contributed by atoms with Crippen LogP contribution in [0.4, 0.5) is 0 Å². The minimum atomic E-state index is 0.865. The number of rotatable bonds is 0. The Labute approximate surface area is 49.0 Å². The van der Waals surface area contributed by atoms with Crippen LogP contribution in [-0.4, -0.2) is 13.1 Å². The first-order chi connectivity index (χ1) is 3.84. The third-order valence-corrected chi connectivity index (χ3v) is 1.36. The Balaban J connectivity index is 2.64. The quantitative estimate of drug-likeness (QED) is 0.454. The second-order valence-electron chi connectivity index (χ2n) is 1.90. The van der Waals surface area contributed by atoms with E-state index in [0.717, 1.165) is 18.8 Å². The fourth-order valence-corrected chi connectivity index (χ4v) is 0.585. The highest BCUT2D eigenvalue weighted by molar-refractivity contribution is 5.25.